The lowest BCUT2D eigenvalue weighted by Gasteiger charge is -2.31. The first-order valence-electron chi connectivity index (χ1n) is 9.37. The third-order valence-corrected chi connectivity index (χ3v) is 5.17. The molecule has 4 rings (SSSR count). The van der Waals surface area contributed by atoms with Gasteiger partial charge in [-0.05, 0) is 55.5 Å². The molecule has 0 saturated carbocycles. The van der Waals surface area contributed by atoms with E-state index in [1.165, 1.54) is 16.1 Å². The molecule has 0 bridgehead atoms. The number of carbonyl (C=O) groups excluding carboxylic acids is 2. The van der Waals surface area contributed by atoms with Crippen LogP contribution in [0.4, 0.5) is 5.69 Å². The summed E-state index contributed by atoms with van der Waals surface area (Å²) in [7, 11) is 0. The second kappa shape index (κ2) is 7.27. The maximum absolute atomic E-state index is 12.8. The molecule has 2 amide bonds. The van der Waals surface area contributed by atoms with Gasteiger partial charge in [0.2, 0.25) is 5.91 Å². The summed E-state index contributed by atoms with van der Waals surface area (Å²) in [5.41, 5.74) is 7.74. The zero-order valence-electron chi connectivity index (χ0n) is 15.4. The highest BCUT2D eigenvalue weighted by molar-refractivity contribution is 6.01. The predicted molar refractivity (Wildman–Crippen MR) is 105 cm³/mol. The zero-order chi connectivity index (χ0) is 18.8. The summed E-state index contributed by atoms with van der Waals surface area (Å²) in [5.74, 6) is -0.264. The number of fused-ring (bicyclic) bond motifs is 1. The number of benzene rings is 2. The normalized spacial score (nSPS) is 19.0. The van der Waals surface area contributed by atoms with Crippen LogP contribution in [0.15, 0.2) is 60.3 Å². The first-order chi connectivity index (χ1) is 13.1. The van der Waals surface area contributed by atoms with Gasteiger partial charge in [-0.1, -0.05) is 42.0 Å². The molecule has 0 saturated heterocycles. The maximum atomic E-state index is 12.8. The largest absolute Gasteiger partial charge is 0.344 e. The SMILES string of the molecule is Cc1ccc(N2NC(C(=O)N[C@H]3CCCc4ccccc43)=CCC2=O)cc1. The Morgan fingerprint density at radius 3 is 2.74 bits per heavy atom. The first-order valence-corrected chi connectivity index (χ1v) is 9.37. The average Bonchev–Trinajstić information content (AvgIpc) is 2.69. The van der Waals surface area contributed by atoms with Crippen molar-refractivity contribution in [3.05, 3.63) is 77.0 Å². The summed E-state index contributed by atoms with van der Waals surface area (Å²) in [6.45, 7) is 2.00. The summed E-state index contributed by atoms with van der Waals surface area (Å²) >= 11 is 0. The van der Waals surface area contributed by atoms with Crippen molar-refractivity contribution in [2.24, 2.45) is 0 Å². The highest BCUT2D eigenvalue weighted by Gasteiger charge is 2.27. The van der Waals surface area contributed by atoms with Gasteiger partial charge in [-0.25, -0.2) is 5.01 Å². The number of anilines is 1. The third kappa shape index (κ3) is 3.58. The molecule has 1 atom stereocenters. The van der Waals surface area contributed by atoms with Crippen molar-refractivity contribution in [1.82, 2.24) is 10.7 Å². The van der Waals surface area contributed by atoms with E-state index in [0.717, 1.165) is 30.5 Å². The van der Waals surface area contributed by atoms with Crippen LogP contribution in [0, 0.1) is 6.92 Å². The third-order valence-electron chi connectivity index (χ3n) is 5.17. The number of hydrogen-bond donors (Lipinski definition) is 2. The summed E-state index contributed by atoms with van der Waals surface area (Å²) < 4.78 is 0. The van der Waals surface area contributed by atoms with Gasteiger partial charge in [0.25, 0.3) is 5.91 Å². The smallest absolute Gasteiger partial charge is 0.269 e. The highest BCUT2D eigenvalue weighted by Crippen LogP contribution is 2.29. The number of nitrogens with zero attached hydrogens (tertiary/aromatic N) is 1. The van der Waals surface area contributed by atoms with E-state index in [9.17, 15) is 9.59 Å². The monoisotopic (exact) mass is 361 g/mol. The molecular formula is C22H23N3O2. The van der Waals surface area contributed by atoms with Crippen LogP contribution in [0.3, 0.4) is 0 Å². The molecule has 2 N–H and O–H groups in total. The molecule has 1 aliphatic heterocycles. The number of carbonyl (C=O) groups is 2. The Kier molecular flexibility index (Phi) is 4.67. The predicted octanol–water partition coefficient (Wildman–Crippen LogP) is 3.31. The molecule has 138 valence electrons. The maximum Gasteiger partial charge on any atom is 0.269 e. The van der Waals surface area contributed by atoms with Gasteiger partial charge in [0, 0.05) is 6.42 Å². The lowest BCUT2D eigenvalue weighted by Crippen LogP contribution is -2.49. The molecule has 27 heavy (non-hydrogen) atoms. The molecule has 1 aliphatic carbocycles. The molecule has 0 unspecified atom stereocenters. The van der Waals surface area contributed by atoms with Crippen molar-refractivity contribution < 1.29 is 9.59 Å². The van der Waals surface area contributed by atoms with Crippen LogP contribution in [0.25, 0.3) is 0 Å². The molecular weight excluding hydrogens is 338 g/mol. The van der Waals surface area contributed by atoms with Crippen LogP contribution in [0.1, 0.15) is 42.0 Å². The van der Waals surface area contributed by atoms with Gasteiger partial charge in [0.1, 0.15) is 5.70 Å². The minimum absolute atomic E-state index is 0.00982. The van der Waals surface area contributed by atoms with Crippen molar-refractivity contribution in [3.8, 4) is 0 Å². The number of nitrogens with one attached hydrogen (secondary N) is 2. The van der Waals surface area contributed by atoms with Gasteiger partial charge in [0.15, 0.2) is 0 Å². The van der Waals surface area contributed by atoms with Crippen molar-refractivity contribution in [1.29, 1.82) is 0 Å². The number of aryl methyl sites for hydroxylation is 2. The molecule has 1 heterocycles. The van der Waals surface area contributed by atoms with Crippen LogP contribution in [-0.4, -0.2) is 11.8 Å². The quantitative estimate of drug-likeness (QED) is 0.882. The van der Waals surface area contributed by atoms with E-state index in [1.807, 2.05) is 43.3 Å². The van der Waals surface area contributed by atoms with Crippen molar-refractivity contribution >= 4 is 17.5 Å². The number of hydrazine groups is 1. The molecule has 5 heteroatoms. The summed E-state index contributed by atoms with van der Waals surface area (Å²) in [5, 5.41) is 4.58. The topological polar surface area (TPSA) is 61.4 Å². The van der Waals surface area contributed by atoms with E-state index in [4.69, 9.17) is 0 Å². The van der Waals surface area contributed by atoms with Gasteiger partial charge in [-0.3, -0.25) is 15.0 Å². The molecule has 0 radical (unpaired) electrons. The first kappa shape index (κ1) is 17.3. The fourth-order valence-corrected chi connectivity index (χ4v) is 3.69. The Balaban J connectivity index is 1.49. The van der Waals surface area contributed by atoms with Crippen LogP contribution in [-0.2, 0) is 16.0 Å². The Bertz CT molecular complexity index is 902. The van der Waals surface area contributed by atoms with Crippen LogP contribution in [0.5, 0.6) is 0 Å². The van der Waals surface area contributed by atoms with Gasteiger partial charge in [-0.15, -0.1) is 0 Å². The highest BCUT2D eigenvalue weighted by atomic mass is 16.2. The second-order valence-electron chi connectivity index (χ2n) is 7.12. The van der Waals surface area contributed by atoms with Gasteiger partial charge >= 0.3 is 0 Å². The molecule has 2 aliphatic rings. The lowest BCUT2D eigenvalue weighted by atomic mass is 9.87. The summed E-state index contributed by atoms with van der Waals surface area (Å²) in [6.07, 6.45) is 4.90. The Hall–Kier alpha value is -3.08. The van der Waals surface area contributed by atoms with Crippen LogP contribution < -0.4 is 15.8 Å². The number of rotatable bonds is 3. The molecule has 5 nitrogen and oxygen atoms in total. The molecule has 0 spiro atoms. The molecule has 2 aromatic rings. The minimum Gasteiger partial charge on any atom is -0.344 e. The van der Waals surface area contributed by atoms with Gasteiger partial charge < -0.3 is 5.32 Å². The Morgan fingerprint density at radius 1 is 1.15 bits per heavy atom. The van der Waals surface area contributed by atoms with E-state index < -0.39 is 0 Å². The summed E-state index contributed by atoms with van der Waals surface area (Å²) in [6, 6.07) is 15.9. The lowest BCUT2D eigenvalue weighted by molar-refractivity contribution is -0.120. The fraction of sp³-hybridized carbons (Fsp3) is 0.273. The van der Waals surface area contributed by atoms with Crippen molar-refractivity contribution in [2.75, 3.05) is 5.01 Å². The van der Waals surface area contributed by atoms with Crippen LogP contribution >= 0.6 is 0 Å². The zero-order valence-corrected chi connectivity index (χ0v) is 15.4. The van der Waals surface area contributed by atoms with E-state index in [2.05, 4.69) is 22.9 Å². The van der Waals surface area contributed by atoms with Crippen molar-refractivity contribution in [2.45, 2.75) is 38.6 Å². The average molecular weight is 361 g/mol. The van der Waals surface area contributed by atoms with Gasteiger partial charge in [0.05, 0.1) is 11.7 Å². The molecule has 0 fully saturated rings. The second-order valence-corrected chi connectivity index (χ2v) is 7.12. The molecule has 2 aromatic carbocycles. The van der Waals surface area contributed by atoms with E-state index in [1.54, 1.807) is 6.08 Å². The fourth-order valence-electron chi connectivity index (χ4n) is 3.69. The van der Waals surface area contributed by atoms with Crippen molar-refractivity contribution in [3.63, 3.8) is 0 Å². The van der Waals surface area contributed by atoms with Gasteiger partial charge in [-0.2, -0.15) is 0 Å². The number of amides is 2. The minimum atomic E-state index is -0.179. The number of hydrogen-bond acceptors (Lipinski definition) is 3. The molecule has 0 aromatic heterocycles. The van der Waals surface area contributed by atoms with Crippen LogP contribution in [0.2, 0.25) is 0 Å². The summed E-state index contributed by atoms with van der Waals surface area (Å²) in [4.78, 5) is 25.1. The van der Waals surface area contributed by atoms with E-state index in [-0.39, 0.29) is 24.3 Å². The van der Waals surface area contributed by atoms with E-state index >= 15 is 0 Å². The Labute approximate surface area is 159 Å². The Morgan fingerprint density at radius 2 is 1.93 bits per heavy atom. The van der Waals surface area contributed by atoms with E-state index in [0.29, 0.717) is 5.70 Å². The standard InChI is InChI=1S/C22H23N3O2/c1-15-9-11-17(12-10-15)25-21(26)14-13-20(24-25)22(27)23-19-8-4-6-16-5-2-3-7-18(16)19/h2-3,5,7,9-13,19,24H,4,6,8,14H2,1H3,(H,23,27)/t19-/m0/s1.